The molecule has 0 saturated carbocycles. The van der Waals surface area contributed by atoms with Crippen LogP contribution in [0.3, 0.4) is 0 Å². The highest BCUT2D eigenvalue weighted by molar-refractivity contribution is 6.30. The normalized spacial score (nSPS) is 12.6. The number of carbonyl (C=O) groups is 1. The van der Waals surface area contributed by atoms with Crippen molar-refractivity contribution in [2.75, 3.05) is 5.43 Å². The number of hydrogen-bond donors (Lipinski definition) is 4. The van der Waals surface area contributed by atoms with Crippen LogP contribution >= 0.6 is 11.6 Å². The molecule has 32 heavy (non-hydrogen) atoms. The van der Waals surface area contributed by atoms with Crippen molar-refractivity contribution in [1.82, 2.24) is 9.66 Å². The number of nitrogens with zero attached hydrogens (tertiary/aromatic N) is 2. The summed E-state index contributed by atoms with van der Waals surface area (Å²) in [6.07, 6.45) is -5.06. The first kappa shape index (κ1) is 23.3. The minimum Gasteiger partial charge on any atom is -0.493 e. The summed E-state index contributed by atoms with van der Waals surface area (Å²) < 4.78 is 39.5. The van der Waals surface area contributed by atoms with E-state index in [1.54, 1.807) is 24.3 Å². The highest BCUT2D eigenvalue weighted by Gasteiger charge is 2.34. The molecule has 7 nitrogen and oxygen atoms in total. The molecule has 170 valence electrons. The second-order valence-electron chi connectivity index (χ2n) is 7.23. The Labute approximate surface area is 185 Å². The maximum atomic E-state index is 12.9. The minimum absolute atomic E-state index is 0.152. The highest BCUT2D eigenvalue weighted by Crippen LogP contribution is 2.42. The summed E-state index contributed by atoms with van der Waals surface area (Å²) >= 11 is 5.63. The highest BCUT2D eigenvalue weighted by atomic mass is 35.5. The fourth-order valence-electron chi connectivity index (χ4n) is 3.38. The van der Waals surface area contributed by atoms with Gasteiger partial charge in [-0.3, -0.25) is 10.2 Å². The molecule has 0 spiro atoms. The van der Waals surface area contributed by atoms with E-state index in [2.05, 4.69) is 10.4 Å². The van der Waals surface area contributed by atoms with Gasteiger partial charge in [-0.1, -0.05) is 41.4 Å². The number of hydrogen-bond acceptors (Lipinski definition) is 5. The van der Waals surface area contributed by atoms with Gasteiger partial charge in [0.2, 0.25) is 11.8 Å². The number of alkyl halides is 3. The lowest BCUT2D eigenvalue weighted by atomic mass is 9.87. The maximum absolute atomic E-state index is 12.9. The van der Waals surface area contributed by atoms with Crippen molar-refractivity contribution >= 4 is 23.4 Å². The van der Waals surface area contributed by atoms with Crippen LogP contribution in [-0.4, -0.2) is 30.9 Å². The van der Waals surface area contributed by atoms with Crippen LogP contribution in [-0.2, 0) is 11.0 Å². The zero-order valence-electron chi connectivity index (χ0n) is 16.9. The maximum Gasteiger partial charge on any atom is 0.419 e. The molecule has 2 aromatic heterocycles. The van der Waals surface area contributed by atoms with Crippen LogP contribution in [0.25, 0.3) is 0 Å². The Kier molecular flexibility index (Phi) is 6.27. The molecule has 0 radical (unpaired) electrons. The number of aromatic nitrogens is 2. The van der Waals surface area contributed by atoms with Crippen molar-refractivity contribution in [2.45, 2.75) is 32.4 Å². The Morgan fingerprint density at radius 2 is 1.75 bits per heavy atom. The van der Waals surface area contributed by atoms with E-state index in [-0.39, 0.29) is 23.4 Å². The molecule has 1 unspecified atom stereocenters. The first-order valence-corrected chi connectivity index (χ1v) is 9.70. The standard InChI is InChI=1S/C21H19ClF3N3O4/c1-10-3-5-12(6-4-10)13(9-16(29)30)17-11(2)19(31)28(20(17)32)27-15-8-7-14(18(22)26-15)21(23,24)25/h3-8,13,31-32H,9H2,1-2H3,(H,26,27)(H,29,30). The number of pyridine rings is 1. The fourth-order valence-corrected chi connectivity index (χ4v) is 3.64. The van der Waals surface area contributed by atoms with E-state index in [4.69, 9.17) is 11.6 Å². The van der Waals surface area contributed by atoms with Gasteiger partial charge in [-0.05, 0) is 31.5 Å². The van der Waals surface area contributed by atoms with Crippen LogP contribution in [0.2, 0.25) is 5.15 Å². The molecule has 1 atom stereocenters. The quantitative estimate of drug-likeness (QED) is 0.376. The third kappa shape index (κ3) is 4.59. The summed E-state index contributed by atoms with van der Waals surface area (Å²) in [5, 5.41) is 29.9. The summed E-state index contributed by atoms with van der Waals surface area (Å²) in [7, 11) is 0. The number of benzene rings is 1. The fraction of sp³-hybridized carbons (Fsp3) is 0.238. The van der Waals surface area contributed by atoms with Crippen LogP contribution in [0.4, 0.5) is 19.0 Å². The first-order valence-electron chi connectivity index (χ1n) is 9.32. The molecule has 0 fully saturated rings. The molecule has 4 N–H and O–H groups in total. The number of carboxylic acid groups (broad SMARTS) is 1. The lowest BCUT2D eigenvalue weighted by Crippen LogP contribution is -2.13. The summed E-state index contributed by atoms with van der Waals surface area (Å²) in [5.74, 6) is -3.07. The number of rotatable bonds is 6. The Balaban J connectivity index is 2.04. The molecule has 3 aromatic rings. The summed E-state index contributed by atoms with van der Waals surface area (Å²) in [4.78, 5) is 15.1. The van der Waals surface area contributed by atoms with E-state index in [1.807, 2.05) is 6.92 Å². The zero-order valence-corrected chi connectivity index (χ0v) is 17.7. The second kappa shape index (κ2) is 8.62. The monoisotopic (exact) mass is 469 g/mol. The minimum atomic E-state index is -4.69. The van der Waals surface area contributed by atoms with Crippen molar-refractivity contribution in [3.63, 3.8) is 0 Å². The average Bonchev–Trinajstić information content (AvgIpc) is 2.89. The van der Waals surface area contributed by atoms with Crippen LogP contribution in [0.15, 0.2) is 36.4 Å². The van der Waals surface area contributed by atoms with Gasteiger partial charge < -0.3 is 15.3 Å². The van der Waals surface area contributed by atoms with Gasteiger partial charge in [0.1, 0.15) is 11.0 Å². The van der Waals surface area contributed by atoms with Gasteiger partial charge in [-0.2, -0.15) is 17.8 Å². The molecule has 0 aliphatic carbocycles. The number of aliphatic carboxylic acids is 1. The van der Waals surface area contributed by atoms with E-state index < -0.39 is 40.5 Å². The number of carboxylic acids is 1. The van der Waals surface area contributed by atoms with Crippen LogP contribution in [0.5, 0.6) is 11.8 Å². The van der Waals surface area contributed by atoms with E-state index in [0.29, 0.717) is 11.6 Å². The van der Waals surface area contributed by atoms with Crippen molar-refractivity contribution in [2.24, 2.45) is 0 Å². The zero-order chi connectivity index (χ0) is 23.8. The third-order valence-corrected chi connectivity index (χ3v) is 5.28. The molecule has 0 amide bonds. The Morgan fingerprint density at radius 3 is 2.28 bits per heavy atom. The predicted octanol–water partition coefficient (Wildman–Crippen LogP) is 5.07. The number of nitrogens with one attached hydrogen (secondary N) is 1. The second-order valence-corrected chi connectivity index (χ2v) is 7.58. The number of halogens is 4. The number of anilines is 1. The van der Waals surface area contributed by atoms with Crippen molar-refractivity contribution in [3.05, 3.63) is 69.4 Å². The molecular formula is C21H19ClF3N3O4. The van der Waals surface area contributed by atoms with Crippen LogP contribution in [0, 0.1) is 13.8 Å². The Morgan fingerprint density at radius 1 is 1.12 bits per heavy atom. The van der Waals surface area contributed by atoms with E-state index >= 15 is 0 Å². The average molecular weight is 470 g/mol. The smallest absolute Gasteiger partial charge is 0.419 e. The van der Waals surface area contributed by atoms with Crippen LogP contribution in [0.1, 0.15) is 40.2 Å². The topological polar surface area (TPSA) is 108 Å². The van der Waals surface area contributed by atoms with Gasteiger partial charge in [-0.25, -0.2) is 4.98 Å². The van der Waals surface area contributed by atoms with Gasteiger partial charge in [0.15, 0.2) is 0 Å². The molecule has 3 rings (SSSR count). The van der Waals surface area contributed by atoms with E-state index in [0.717, 1.165) is 16.3 Å². The third-order valence-electron chi connectivity index (χ3n) is 4.99. The van der Waals surface area contributed by atoms with E-state index in [1.165, 1.54) is 6.92 Å². The molecular weight excluding hydrogens is 451 g/mol. The molecule has 0 aliphatic rings. The molecule has 0 bridgehead atoms. The van der Waals surface area contributed by atoms with Crippen molar-refractivity contribution < 1.29 is 33.3 Å². The number of aryl methyl sites for hydroxylation is 1. The molecule has 0 aliphatic heterocycles. The largest absolute Gasteiger partial charge is 0.493 e. The van der Waals surface area contributed by atoms with Gasteiger partial charge in [0.25, 0.3) is 0 Å². The van der Waals surface area contributed by atoms with Gasteiger partial charge >= 0.3 is 12.1 Å². The lowest BCUT2D eigenvalue weighted by molar-refractivity contribution is -0.138. The summed E-state index contributed by atoms with van der Waals surface area (Å²) in [5.41, 5.74) is 3.26. The summed E-state index contributed by atoms with van der Waals surface area (Å²) in [6, 6.07) is 8.72. The van der Waals surface area contributed by atoms with Gasteiger partial charge in [0.05, 0.1) is 12.0 Å². The van der Waals surface area contributed by atoms with Gasteiger partial charge in [-0.15, -0.1) is 0 Å². The molecule has 2 heterocycles. The molecule has 1 aromatic carbocycles. The van der Waals surface area contributed by atoms with E-state index in [9.17, 15) is 33.3 Å². The first-order chi connectivity index (χ1) is 14.9. The Bertz CT molecular complexity index is 1160. The molecule has 0 saturated heterocycles. The lowest BCUT2D eigenvalue weighted by Gasteiger charge is -2.17. The summed E-state index contributed by atoms with van der Waals surface area (Å²) in [6.45, 7) is 3.35. The molecule has 11 heteroatoms. The van der Waals surface area contributed by atoms with Gasteiger partial charge in [0, 0.05) is 17.0 Å². The Hall–Kier alpha value is -3.40. The SMILES string of the molecule is Cc1ccc(C(CC(=O)O)c2c(C)c(O)n(Nc3ccc(C(F)(F)F)c(Cl)n3)c2O)cc1. The van der Waals surface area contributed by atoms with Crippen molar-refractivity contribution in [3.8, 4) is 11.8 Å². The number of aromatic hydroxyl groups is 2. The van der Waals surface area contributed by atoms with Crippen molar-refractivity contribution in [1.29, 1.82) is 0 Å². The van der Waals surface area contributed by atoms with Crippen LogP contribution < -0.4 is 5.43 Å². The predicted molar refractivity (Wildman–Crippen MR) is 111 cm³/mol.